The summed E-state index contributed by atoms with van der Waals surface area (Å²) in [6, 6.07) is 9.25. The van der Waals surface area contributed by atoms with E-state index in [0.29, 0.717) is 12.2 Å². The van der Waals surface area contributed by atoms with Crippen LogP contribution in [0.3, 0.4) is 0 Å². The van der Waals surface area contributed by atoms with Crippen LogP contribution in [0, 0.1) is 11.8 Å². The van der Waals surface area contributed by atoms with Crippen molar-refractivity contribution >= 4 is 5.97 Å². The molecule has 2 heteroatoms. The van der Waals surface area contributed by atoms with Gasteiger partial charge in [-0.3, -0.25) is 4.79 Å². The molecule has 1 aromatic carbocycles. The van der Waals surface area contributed by atoms with Crippen molar-refractivity contribution in [3.63, 3.8) is 0 Å². The lowest BCUT2D eigenvalue weighted by Crippen LogP contribution is -2.07. The van der Waals surface area contributed by atoms with Crippen LogP contribution in [-0.2, 0) is 4.79 Å². The van der Waals surface area contributed by atoms with Gasteiger partial charge >= 0.3 is 5.97 Å². The summed E-state index contributed by atoms with van der Waals surface area (Å²) in [5.74, 6) is 2.11. The van der Waals surface area contributed by atoms with Gasteiger partial charge in [0.25, 0.3) is 0 Å². The molecule has 0 N–H and O–H groups in total. The lowest BCUT2D eigenvalue weighted by molar-refractivity contribution is -0.134. The first-order chi connectivity index (χ1) is 7.25. The van der Waals surface area contributed by atoms with Crippen LogP contribution in [0.15, 0.2) is 30.3 Å². The Morgan fingerprint density at radius 1 is 1.40 bits per heavy atom. The predicted molar refractivity (Wildman–Crippen MR) is 58.6 cm³/mol. The SMILES string of the molecule is CC1CC1CCC(=O)Oc1ccccc1. The fourth-order valence-corrected chi connectivity index (χ4v) is 1.78. The molecule has 2 unspecified atom stereocenters. The summed E-state index contributed by atoms with van der Waals surface area (Å²) in [6.45, 7) is 2.23. The highest BCUT2D eigenvalue weighted by molar-refractivity contribution is 5.72. The summed E-state index contributed by atoms with van der Waals surface area (Å²) in [5, 5.41) is 0. The zero-order valence-electron chi connectivity index (χ0n) is 8.98. The molecule has 2 atom stereocenters. The molecule has 1 aromatic rings. The molecule has 1 fully saturated rings. The number of esters is 1. The zero-order chi connectivity index (χ0) is 10.7. The van der Waals surface area contributed by atoms with Crippen LogP contribution in [0.4, 0.5) is 0 Å². The van der Waals surface area contributed by atoms with E-state index in [1.54, 1.807) is 12.1 Å². The maximum absolute atomic E-state index is 11.4. The highest BCUT2D eigenvalue weighted by Gasteiger charge is 2.32. The van der Waals surface area contributed by atoms with Crippen molar-refractivity contribution in [2.75, 3.05) is 0 Å². The fourth-order valence-electron chi connectivity index (χ4n) is 1.78. The molecule has 2 nitrogen and oxygen atoms in total. The summed E-state index contributed by atoms with van der Waals surface area (Å²) in [4.78, 5) is 11.4. The molecular weight excluding hydrogens is 188 g/mol. The molecule has 0 bridgehead atoms. The van der Waals surface area contributed by atoms with Crippen LogP contribution < -0.4 is 4.74 Å². The second kappa shape index (κ2) is 4.47. The molecule has 0 amide bonds. The van der Waals surface area contributed by atoms with Gasteiger partial charge in [0.1, 0.15) is 5.75 Å². The molecule has 2 rings (SSSR count). The third kappa shape index (κ3) is 3.08. The molecule has 80 valence electrons. The van der Waals surface area contributed by atoms with E-state index < -0.39 is 0 Å². The first kappa shape index (κ1) is 10.2. The number of benzene rings is 1. The van der Waals surface area contributed by atoms with Gasteiger partial charge in [0.05, 0.1) is 0 Å². The lowest BCUT2D eigenvalue weighted by atomic mass is 10.2. The van der Waals surface area contributed by atoms with Crippen LogP contribution >= 0.6 is 0 Å². The minimum absolute atomic E-state index is 0.111. The van der Waals surface area contributed by atoms with Gasteiger partial charge in [-0.15, -0.1) is 0 Å². The summed E-state index contributed by atoms with van der Waals surface area (Å²) < 4.78 is 5.19. The van der Waals surface area contributed by atoms with Crippen molar-refractivity contribution in [2.24, 2.45) is 11.8 Å². The Hall–Kier alpha value is -1.31. The highest BCUT2D eigenvalue weighted by atomic mass is 16.5. The number of carbonyl (C=O) groups excluding carboxylic acids is 1. The Morgan fingerprint density at radius 2 is 2.07 bits per heavy atom. The maximum Gasteiger partial charge on any atom is 0.311 e. The highest BCUT2D eigenvalue weighted by Crippen LogP contribution is 2.41. The van der Waals surface area contributed by atoms with Gasteiger partial charge in [0.2, 0.25) is 0 Å². The normalized spacial score (nSPS) is 23.5. The van der Waals surface area contributed by atoms with E-state index in [-0.39, 0.29) is 5.97 Å². The first-order valence-electron chi connectivity index (χ1n) is 5.51. The summed E-state index contributed by atoms with van der Waals surface area (Å²) in [5.41, 5.74) is 0. The number of hydrogen-bond donors (Lipinski definition) is 0. The van der Waals surface area contributed by atoms with Gasteiger partial charge in [0, 0.05) is 6.42 Å². The predicted octanol–water partition coefficient (Wildman–Crippen LogP) is 3.03. The Kier molecular flexibility index (Phi) is 3.05. The minimum Gasteiger partial charge on any atom is -0.427 e. The van der Waals surface area contributed by atoms with Gasteiger partial charge in [-0.1, -0.05) is 25.1 Å². The molecule has 0 heterocycles. The maximum atomic E-state index is 11.4. The van der Waals surface area contributed by atoms with E-state index in [2.05, 4.69) is 6.92 Å². The van der Waals surface area contributed by atoms with Crippen LogP contribution in [0.2, 0.25) is 0 Å². The van der Waals surface area contributed by atoms with E-state index in [0.717, 1.165) is 18.3 Å². The van der Waals surface area contributed by atoms with E-state index in [9.17, 15) is 4.79 Å². The molecule has 0 aliphatic heterocycles. The van der Waals surface area contributed by atoms with Gasteiger partial charge in [0.15, 0.2) is 0 Å². The molecule has 1 saturated carbocycles. The van der Waals surface area contributed by atoms with Crippen LogP contribution in [-0.4, -0.2) is 5.97 Å². The van der Waals surface area contributed by atoms with Crippen molar-refractivity contribution in [2.45, 2.75) is 26.2 Å². The van der Waals surface area contributed by atoms with E-state index in [4.69, 9.17) is 4.74 Å². The van der Waals surface area contributed by atoms with Gasteiger partial charge in [-0.2, -0.15) is 0 Å². The molecule has 0 spiro atoms. The number of carbonyl (C=O) groups is 1. The molecular formula is C13H16O2. The van der Waals surface area contributed by atoms with Crippen molar-refractivity contribution in [3.8, 4) is 5.75 Å². The average Bonchev–Trinajstić information content (AvgIpc) is 2.93. The Bertz CT molecular complexity index is 332. The van der Waals surface area contributed by atoms with E-state index in [1.807, 2.05) is 18.2 Å². The molecule has 1 aliphatic rings. The lowest BCUT2D eigenvalue weighted by Gasteiger charge is -2.03. The second-order valence-electron chi connectivity index (χ2n) is 4.30. The minimum atomic E-state index is -0.111. The van der Waals surface area contributed by atoms with Gasteiger partial charge in [-0.05, 0) is 36.8 Å². The van der Waals surface area contributed by atoms with Crippen molar-refractivity contribution in [3.05, 3.63) is 30.3 Å². The molecule has 0 radical (unpaired) electrons. The van der Waals surface area contributed by atoms with Gasteiger partial charge in [-0.25, -0.2) is 0 Å². The van der Waals surface area contributed by atoms with Gasteiger partial charge < -0.3 is 4.74 Å². The largest absolute Gasteiger partial charge is 0.427 e. The van der Waals surface area contributed by atoms with Crippen molar-refractivity contribution in [1.82, 2.24) is 0 Å². The molecule has 0 saturated heterocycles. The standard InChI is InChI=1S/C13H16O2/c1-10-9-11(10)7-8-13(14)15-12-5-3-2-4-6-12/h2-6,10-11H,7-9H2,1H3. The number of rotatable bonds is 4. The Morgan fingerprint density at radius 3 is 2.67 bits per heavy atom. The Labute approximate surface area is 90.3 Å². The number of para-hydroxylation sites is 1. The summed E-state index contributed by atoms with van der Waals surface area (Å²) >= 11 is 0. The first-order valence-corrected chi connectivity index (χ1v) is 5.51. The summed E-state index contributed by atoms with van der Waals surface area (Å²) in [7, 11) is 0. The fraction of sp³-hybridized carbons (Fsp3) is 0.462. The third-order valence-corrected chi connectivity index (χ3v) is 2.97. The number of hydrogen-bond acceptors (Lipinski definition) is 2. The van der Waals surface area contributed by atoms with Crippen molar-refractivity contribution in [1.29, 1.82) is 0 Å². The zero-order valence-corrected chi connectivity index (χ0v) is 8.98. The second-order valence-corrected chi connectivity index (χ2v) is 4.30. The van der Waals surface area contributed by atoms with Crippen molar-refractivity contribution < 1.29 is 9.53 Å². The number of ether oxygens (including phenoxy) is 1. The quantitative estimate of drug-likeness (QED) is 0.556. The van der Waals surface area contributed by atoms with Crippen LogP contribution in [0.5, 0.6) is 5.75 Å². The van der Waals surface area contributed by atoms with Crippen LogP contribution in [0.25, 0.3) is 0 Å². The van der Waals surface area contributed by atoms with E-state index >= 15 is 0 Å². The summed E-state index contributed by atoms with van der Waals surface area (Å²) in [6.07, 6.45) is 2.80. The molecule has 15 heavy (non-hydrogen) atoms. The smallest absolute Gasteiger partial charge is 0.311 e. The molecule has 1 aliphatic carbocycles. The average molecular weight is 204 g/mol. The van der Waals surface area contributed by atoms with E-state index in [1.165, 1.54) is 6.42 Å². The Balaban J connectivity index is 1.73. The topological polar surface area (TPSA) is 26.3 Å². The molecule has 0 aromatic heterocycles. The monoisotopic (exact) mass is 204 g/mol. The third-order valence-electron chi connectivity index (χ3n) is 2.97. The van der Waals surface area contributed by atoms with Crippen LogP contribution in [0.1, 0.15) is 26.2 Å².